The van der Waals surface area contributed by atoms with Gasteiger partial charge < -0.3 is 8.83 Å². The third kappa shape index (κ3) is 4.01. The summed E-state index contributed by atoms with van der Waals surface area (Å²) in [6.07, 6.45) is 2.91. The second kappa shape index (κ2) is 8.87. The van der Waals surface area contributed by atoms with Gasteiger partial charge in [0.05, 0.1) is 0 Å². The lowest BCUT2D eigenvalue weighted by atomic mass is 9.82. The van der Waals surface area contributed by atoms with Crippen LogP contribution in [-0.2, 0) is 11.8 Å². The minimum absolute atomic E-state index is 0.00123. The van der Waals surface area contributed by atoms with E-state index in [2.05, 4.69) is 109 Å². The lowest BCUT2D eigenvalue weighted by Crippen LogP contribution is -2.12. The van der Waals surface area contributed by atoms with Crippen LogP contribution in [0.3, 0.4) is 0 Å². The van der Waals surface area contributed by atoms with E-state index in [9.17, 15) is 0 Å². The van der Waals surface area contributed by atoms with E-state index in [1.54, 1.807) is 0 Å². The van der Waals surface area contributed by atoms with Gasteiger partial charge in [0.1, 0.15) is 22.8 Å². The summed E-state index contributed by atoms with van der Waals surface area (Å²) in [4.78, 5) is 4.84. The Morgan fingerprint density at radius 2 is 1.61 bits per heavy atom. The Hall–Kier alpha value is -3.85. The van der Waals surface area contributed by atoms with Crippen LogP contribution < -0.4 is 0 Å². The van der Waals surface area contributed by atoms with Gasteiger partial charge in [-0.3, -0.25) is 4.98 Å². The van der Waals surface area contributed by atoms with Crippen LogP contribution in [0.1, 0.15) is 57.1 Å². The van der Waals surface area contributed by atoms with Crippen LogP contribution in [0.2, 0.25) is 0 Å². The molecule has 0 radical (unpaired) electrons. The summed E-state index contributed by atoms with van der Waals surface area (Å²) in [6, 6.07) is 21.6. The first-order valence-corrected chi connectivity index (χ1v) is 13.6. The van der Waals surface area contributed by atoms with Gasteiger partial charge in [0.2, 0.25) is 0 Å². The average Bonchev–Trinajstić information content (AvgIpc) is 3.38. The summed E-state index contributed by atoms with van der Waals surface area (Å²) < 4.78 is 12.9. The van der Waals surface area contributed by atoms with Gasteiger partial charge in [-0.15, -0.1) is 0 Å². The maximum atomic E-state index is 6.65. The number of fused-ring (bicyclic) bond motifs is 3. The zero-order chi connectivity index (χ0) is 26.8. The van der Waals surface area contributed by atoms with Crippen molar-refractivity contribution in [2.45, 2.75) is 60.3 Å². The van der Waals surface area contributed by atoms with Gasteiger partial charge in [-0.05, 0) is 72.2 Å². The summed E-state index contributed by atoms with van der Waals surface area (Å²) >= 11 is 0. The highest BCUT2D eigenvalue weighted by molar-refractivity contribution is 5.99. The molecule has 0 atom stereocenters. The van der Waals surface area contributed by atoms with Crippen LogP contribution >= 0.6 is 0 Å². The number of nitrogens with zero attached hydrogens (tertiary/aromatic N) is 1. The van der Waals surface area contributed by atoms with Gasteiger partial charge in [0, 0.05) is 39.2 Å². The Kier molecular flexibility index (Phi) is 5.72. The van der Waals surface area contributed by atoms with Crippen LogP contribution in [0.25, 0.3) is 55.3 Å². The summed E-state index contributed by atoms with van der Waals surface area (Å²) in [5, 5.41) is 4.79. The molecular formula is C35H35NO2. The molecular weight excluding hydrogens is 466 g/mol. The Morgan fingerprint density at radius 3 is 2.37 bits per heavy atom. The standard InChI is InChI=1S/C35H35NO2/c1-20(2)16-29-22(4)37-31-19-24(12-13-28(29)31)33-21(3)26-14-15-36-32(34(26)38-33)25-17-23-10-8-9-11-27(23)30(18-25)35(5,6)7/h8-15,17-20H,16H2,1-7H3. The molecule has 0 N–H and O–H groups in total. The molecule has 0 unspecified atom stereocenters. The van der Waals surface area contributed by atoms with Crippen molar-refractivity contribution in [3.05, 3.63) is 89.3 Å². The minimum atomic E-state index is -0.00123. The SMILES string of the molecule is Cc1oc2cc(-c3oc4c(-c5cc(C(C)(C)C)c6ccccc6c5)nccc4c3C)ccc2c1CC(C)C. The molecule has 0 saturated carbocycles. The van der Waals surface area contributed by atoms with Crippen LogP contribution in [0.4, 0.5) is 0 Å². The van der Waals surface area contributed by atoms with Crippen molar-refractivity contribution in [3.63, 3.8) is 0 Å². The number of rotatable bonds is 4. The van der Waals surface area contributed by atoms with Gasteiger partial charge in [-0.1, -0.05) is 71.0 Å². The average molecular weight is 502 g/mol. The Labute approximate surface area is 224 Å². The maximum Gasteiger partial charge on any atom is 0.161 e. The first kappa shape index (κ1) is 24.5. The van der Waals surface area contributed by atoms with E-state index >= 15 is 0 Å². The topological polar surface area (TPSA) is 39.2 Å². The van der Waals surface area contributed by atoms with Crippen LogP contribution in [-0.4, -0.2) is 4.98 Å². The molecule has 0 saturated heterocycles. The zero-order valence-electron chi connectivity index (χ0n) is 23.4. The van der Waals surface area contributed by atoms with Gasteiger partial charge >= 0.3 is 0 Å². The molecule has 6 rings (SSSR count). The second-order valence-corrected chi connectivity index (χ2v) is 12.0. The van der Waals surface area contributed by atoms with E-state index in [-0.39, 0.29) is 5.41 Å². The third-order valence-electron chi connectivity index (χ3n) is 7.67. The summed E-state index contributed by atoms with van der Waals surface area (Å²) in [5.74, 6) is 2.45. The number of hydrogen-bond acceptors (Lipinski definition) is 3. The molecule has 3 nitrogen and oxygen atoms in total. The molecule has 3 heteroatoms. The fraction of sp³-hybridized carbons (Fsp3) is 0.286. The van der Waals surface area contributed by atoms with Gasteiger partial charge in [-0.25, -0.2) is 0 Å². The molecule has 3 heterocycles. The first-order chi connectivity index (χ1) is 18.1. The van der Waals surface area contributed by atoms with E-state index in [0.29, 0.717) is 5.92 Å². The number of hydrogen-bond donors (Lipinski definition) is 0. The first-order valence-electron chi connectivity index (χ1n) is 13.6. The van der Waals surface area contributed by atoms with E-state index < -0.39 is 0 Å². The second-order valence-electron chi connectivity index (χ2n) is 12.0. The quantitative estimate of drug-likeness (QED) is 0.241. The zero-order valence-corrected chi connectivity index (χ0v) is 23.4. The normalized spacial score (nSPS) is 12.4. The maximum absolute atomic E-state index is 6.65. The number of aromatic nitrogens is 1. The molecule has 0 bridgehead atoms. The molecule has 3 aromatic carbocycles. The van der Waals surface area contributed by atoms with Gasteiger partial charge in [0.15, 0.2) is 5.58 Å². The summed E-state index contributed by atoms with van der Waals surface area (Å²) in [7, 11) is 0. The molecule has 0 amide bonds. The van der Waals surface area contributed by atoms with E-state index in [4.69, 9.17) is 13.8 Å². The number of pyridine rings is 1. The molecule has 0 spiro atoms. The van der Waals surface area contributed by atoms with Crippen LogP contribution in [0.5, 0.6) is 0 Å². The highest BCUT2D eigenvalue weighted by Gasteiger charge is 2.22. The fourth-order valence-electron chi connectivity index (χ4n) is 5.77. The number of aryl methyl sites for hydroxylation is 2. The largest absolute Gasteiger partial charge is 0.461 e. The summed E-state index contributed by atoms with van der Waals surface area (Å²) in [5.41, 5.74) is 8.45. The molecule has 38 heavy (non-hydrogen) atoms. The van der Waals surface area contributed by atoms with Crippen molar-refractivity contribution in [1.29, 1.82) is 0 Å². The molecule has 3 aromatic heterocycles. The minimum Gasteiger partial charge on any atom is -0.461 e. The lowest BCUT2D eigenvalue weighted by Gasteiger charge is -2.22. The Bertz CT molecular complexity index is 1820. The van der Waals surface area contributed by atoms with Crippen molar-refractivity contribution in [2.75, 3.05) is 0 Å². The lowest BCUT2D eigenvalue weighted by molar-refractivity contribution is 0.559. The Balaban J connectivity index is 1.53. The van der Waals surface area contributed by atoms with Gasteiger partial charge in [0.25, 0.3) is 0 Å². The van der Waals surface area contributed by atoms with Crippen molar-refractivity contribution in [2.24, 2.45) is 5.92 Å². The highest BCUT2D eigenvalue weighted by atomic mass is 16.3. The van der Waals surface area contributed by atoms with Crippen molar-refractivity contribution >= 4 is 32.7 Å². The predicted molar refractivity (Wildman–Crippen MR) is 159 cm³/mol. The van der Waals surface area contributed by atoms with Crippen LogP contribution in [0, 0.1) is 19.8 Å². The molecule has 0 aliphatic heterocycles. The molecule has 0 aliphatic rings. The van der Waals surface area contributed by atoms with Crippen molar-refractivity contribution < 1.29 is 8.83 Å². The monoisotopic (exact) mass is 501 g/mol. The van der Waals surface area contributed by atoms with Gasteiger partial charge in [-0.2, -0.15) is 0 Å². The fourth-order valence-corrected chi connectivity index (χ4v) is 5.77. The smallest absolute Gasteiger partial charge is 0.161 e. The number of benzene rings is 3. The number of furan rings is 2. The molecule has 0 aliphatic carbocycles. The molecule has 6 aromatic rings. The third-order valence-corrected chi connectivity index (χ3v) is 7.67. The Morgan fingerprint density at radius 1 is 0.816 bits per heavy atom. The van der Waals surface area contributed by atoms with E-state index in [1.807, 2.05) is 6.20 Å². The predicted octanol–water partition coefficient (Wildman–Crippen LogP) is 10.2. The van der Waals surface area contributed by atoms with Crippen molar-refractivity contribution in [1.82, 2.24) is 4.98 Å². The van der Waals surface area contributed by atoms with Crippen molar-refractivity contribution in [3.8, 4) is 22.6 Å². The van der Waals surface area contributed by atoms with E-state index in [0.717, 1.165) is 56.9 Å². The molecule has 0 fully saturated rings. The van der Waals surface area contributed by atoms with E-state index in [1.165, 1.54) is 27.3 Å². The molecule has 192 valence electrons. The summed E-state index contributed by atoms with van der Waals surface area (Å²) in [6.45, 7) is 15.5. The highest BCUT2D eigenvalue weighted by Crippen LogP contribution is 2.41. The van der Waals surface area contributed by atoms with Crippen LogP contribution in [0.15, 0.2) is 75.7 Å².